The number of hydrogen-bond acceptors (Lipinski definition) is 3. The maximum absolute atomic E-state index is 14.3. The third-order valence-corrected chi connectivity index (χ3v) is 5.34. The molecule has 1 amide bonds. The number of benzene rings is 2. The Balaban J connectivity index is 1.30. The van der Waals surface area contributed by atoms with Crippen molar-refractivity contribution in [1.82, 2.24) is 20.3 Å². The first-order chi connectivity index (χ1) is 15.5. The number of fused-ring (bicyclic) bond motifs is 2. The molecule has 32 heavy (non-hydrogen) atoms. The minimum Gasteiger partial charge on any atom is -0.361 e. The van der Waals surface area contributed by atoms with Gasteiger partial charge in [-0.05, 0) is 59.5 Å². The van der Waals surface area contributed by atoms with Crippen LogP contribution in [0.5, 0.6) is 0 Å². The summed E-state index contributed by atoms with van der Waals surface area (Å²) in [6.07, 6.45) is 4.98. The molecule has 2 aromatic carbocycles. The molecule has 0 spiro atoms. The van der Waals surface area contributed by atoms with Gasteiger partial charge in [0.2, 0.25) is 0 Å². The third-order valence-electron chi connectivity index (χ3n) is 5.34. The van der Waals surface area contributed by atoms with Gasteiger partial charge in [0.1, 0.15) is 11.6 Å². The Labute approximate surface area is 182 Å². The average Bonchev–Trinajstić information content (AvgIpc) is 3.24. The number of nitrogens with one attached hydrogen (secondary N) is 2. The molecule has 0 bridgehead atoms. The topological polar surface area (TPSA) is 70.7 Å². The Kier molecular flexibility index (Phi) is 5.07. The van der Waals surface area contributed by atoms with Crippen LogP contribution in [0.4, 0.5) is 8.78 Å². The smallest absolute Gasteiger partial charge is 0.251 e. The van der Waals surface area contributed by atoms with Gasteiger partial charge in [0.25, 0.3) is 5.91 Å². The van der Waals surface area contributed by atoms with E-state index in [0.717, 1.165) is 10.9 Å². The summed E-state index contributed by atoms with van der Waals surface area (Å²) in [6, 6.07) is 15.3. The predicted octanol–water partition coefficient (Wildman–Crippen LogP) is 4.91. The van der Waals surface area contributed by atoms with Crippen molar-refractivity contribution in [3.8, 4) is 0 Å². The van der Waals surface area contributed by atoms with Crippen LogP contribution < -0.4 is 5.32 Å². The van der Waals surface area contributed by atoms with Gasteiger partial charge in [-0.2, -0.15) is 0 Å². The van der Waals surface area contributed by atoms with E-state index in [4.69, 9.17) is 0 Å². The number of H-pyrrole nitrogens is 1. The van der Waals surface area contributed by atoms with Crippen LogP contribution in [-0.2, 0) is 13.0 Å². The second-order valence-corrected chi connectivity index (χ2v) is 7.58. The Morgan fingerprint density at radius 2 is 1.88 bits per heavy atom. The van der Waals surface area contributed by atoms with Gasteiger partial charge in [0, 0.05) is 53.1 Å². The van der Waals surface area contributed by atoms with Crippen LogP contribution >= 0.6 is 0 Å². The zero-order valence-corrected chi connectivity index (χ0v) is 16.9. The van der Waals surface area contributed by atoms with Crippen LogP contribution in [0.1, 0.15) is 27.2 Å². The van der Waals surface area contributed by atoms with Gasteiger partial charge in [0.15, 0.2) is 0 Å². The Bertz CT molecular complexity index is 1460. The van der Waals surface area contributed by atoms with E-state index < -0.39 is 5.82 Å². The van der Waals surface area contributed by atoms with Crippen LogP contribution in [0.25, 0.3) is 21.8 Å². The Morgan fingerprint density at radius 3 is 2.78 bits per heavy atom. The molecule has 0 aliphatic carbocycles. The highest BCUT2D eigenvalue weighted by Gasteiger charge is 2.11. The number of nitrogens with zero attached hydrogens (tertiary/aromatic N) is 2. The molecule has 0 aliphatic rings. The molecule has 0 atom stereocenters. The Hall–Kier alpha value is -4.13. The number of hydrogen-bond donors (Lipinski definition) is 2. The molecule has 0 saturated heterocycles. The van der Waals surface area contributed by atoms with E-state index in [1.165, 1.54) is 18.3 Å². The van der Waals surface area contributed by atoms with Crippen LogP contribution in [0.15, 0.2) is 73.2 Å². The maximum atomic E-state index is 14.3. The van der Waals surface area contributed by atoms with E-state index in [2.05, 4.69) is 20.3 Å². The number of carbonyl (C=O) groups excluding carboxylic acids is 1. The summed E-state index contributed by atoms with van der Waals surface area (Å²) in [7, 11) is 0. The summed E-state index contributed by atoms with van der Waals surface area (Å²) in [5, 5.41) is 4.36. The van der Waals surface area contributed by atoms with Crippen molar-refractivity contribution < 1.29 is 13.6 Å². The molecular formula is C25H18F2N4O. The van der Waals surface area contributed by atoms with Crippen molar-refractivity contribution in [2.45, 2.75) is 13.0 Å². The van der Waals surface area contributed by atoms with Crippen molar-refractivity contribution in [2.75, 3.05) is 0 Å². The summed E-state index contributed by atoms with van der Waals surface area (Å²) in [5.41, 5.74) is 3.89. The molecule has 0 radical (unpaired) electrons. The number of aromatic amines is 1. The van der Waals surface area contributed by atoms with Gasteiger partial charge in [-0.3, -0.25) is 14.8 Å². The molecule has 7 heteroatoms. The van der Waals surface area contributed by atoms with E-state index in [1.807, 2.05) is 24.3 Å². The lowest BCUT2D eigenvalue weighted by Gasteiger charge is -2.09. The highest BCUT2D eigenvalue weighted by molar-refractivity contribution is 5.94. The molecule has 0 unspecified atom stereocenters. The molecule has 5 aromatic rings. The van der Waals surface area contributed by atoms with Gasteiger partial charge in [-0.25, -0.2) is 8.78 Å². The van der Waals surface area contributed by atoms with Gasteiger partial charge >= 0.3 is 0 Å². The fourth-order valence-corrected chi connectivity index (χ4v) is 3.72. The molecule has 0 aliphatic heterocycles. The molecule has 0 saturated carbocycles. The first-order valence-corrected chi connectivity index (χ1v) is 10.1. The van der Waals surface area contributed by atoms with Crippen molar-refractivity contribution in [1.29, 1.82) is 0 Å². The summed E-state index contributed by atoms with van der Waals surface area (Å²) < 4.78 is 27.8. The summed E-state index contributed by atoms with van der Waals surface area (Å²) in [5.74, 6) is -1.08. The fourth-order valence-electron chi connectivity index (χ4n) is 3.72. The number of aromatic nitrogens is 3. The second-order valence-electron chi connectivity index (χ2n) is 7.58. The van der Waals surface area contributed by atoms with Crippen molar-refractivity contribution in [2.24, 2.45) is 0 Å². The summed E-state index contributed by atoms with van der Waals surface area (Å²) in [4.78, 5) is 24.0. The van der Waals surface area contributed by atoms with Gasteiger partial charge in [0.05, 0.1) is 11.7 Å². The lowest BCUT2D eigenvalue weighted by molar-refractivity contribution is 0.0950. The molecule has 158 valence electrons. The van der Waals surface area contributed by atoms with Gasteiger partial charge in [-0.1, -0.05) is 6.07 Å². The van der Waals surface area contributed by atoms with Crippen LogP contribution in [0.2, 0.25) is 0 Å². The highest BCUT2D eigenvalue weighted by atomic mass is 19.1. The van der Waals surface area contributed by atoms with E-state index in [9.17, 15) is 13.6 Å². The average molecular weight is 428 g/mol. The predicted molar refractivity (Wildman–Crippen MR) is 118 cm³/mol. The first kappa shape index (κ1) is 19.8. The number of halogens is 2. The minimum atomic E-state index is -0.390. The zero-order chi connectivity index (χ0) is 22.1. The molecule has 3 heterocycles. The van der Waals surface area contributed by atoms with E-state index in [1.54, 1.807) is 30.6 Å². The molecular weight excluding hydrogens is 410 g/mol. The quantitative estimate of drug-likeness (QED) is 0.418. The van der Waals surface area contributed by atoms with Gasteiger partial charge < -0.3 is 10.3 Å². The SMILES string of the molecule is O=C(NCc1cc2cc[nH]c2cc1F)c1ccnc(Cc2ccc3ncc(F)cc3c2)c1. The highest BCUT2D eigenvalue weighted by Crippen LogP contribution is 2.19. The standard InChI is InChI=1S/C25H18F2N4O/c26-20-10-18-7-15(1-2-23(18)30-14-20)8-21-11-17(4-5-28-21)25(32)31-13-19-9-16-3-6-29-24(16)12-22(19)27/h1-7,9-12,14,29H,8,13H2,(H,31,32). The largest absolute Gasteiger partial charge is 0.361 e. The lowest BCUT2D eigenvalue weighted by Crippen LogP contribution is -2.23. The summed E-state index contributed by atoms with van der Waals surface area (Å²) >= 11 is 0. The van der Waals surface area contributed by atoms with Crippen molar-refractivity contribution in [3.63, 3.8) is 0 Å². The van der Waals surface area contributed by atoms with E-state index >= 15 is 0 Å². The Morgan fingerprint density at radius 1 is 0.969 bits per heavy atom. The molecule has 2 N–H and O–H groups in total. The van der Waals surface area contributed by atoms with Crippen molar-refractivity contribution in [3.05, 3.63) is 107 Å². The summed E-state index contributed by atoms with van der Waals surface area (Å²) in [6.45, 7) is 0.0761. The second kappa shape index (κ2) is 8.19. The number of rotatable bonds is 5. The molecule has 0 fully saturated rings. The van der Waals surface area contributed by atoms with E-state index in [-0.39, 0.29) is 18.3 Å². The van der Waals surface area contributed by atoms with Gasteiger partial charge in [-0.15, -0.1) is 0 Å². The van der Waals surface area contributed by atoms with Crippen LogP contribution in [0.3, 0.4) is 0 Å². The van der Waals surface area contributed by atoms with Crippen molar-refractivity contribution >= 4 is 27.7 Å². The number of carbonyl (C=O) groups is 1. The monoisotopic (exact) mass is 428 g/mol. The first-order valence-electron chi connectivity index (χ1n) is 10.1. The lowest BCUT2D eigenvalue weighted by atomic mass is 10.0. The normalized spacial score (nSPS) is 11.2. The number of amides is 1. The zero-order valence-electron chi connectivity index (χ0n) is 16.9. The van der Waals surface area contributed by atoms with Crippen LogP contribution in [0, 0.1) is 11.6 Å². The minimum absolute atomic E-state index is 0.0761. The number of pyridine rings is 2. The van der Waals surface area contributed by atoms with Crippen LogP contribution in [-0.4, -0.2) is 20.9 Å². The molecule has 3 aromatic heterocycles. The fraction of sp³-hybridized carbons (Fsp3) is 0.0800. The molecule has 5 rings (SSSR count). The van der Waals surface area contributed by atoms with E-state index in [0.29, 0.717) is 39.7 Å². The third kappa shape index (κ3) is 4.05. The molecule has 5 nitrogen and oxygen atoms in total. The maximum Gasteiger partial charge on any atom is 0.251 e.